The molecular formula is C29H28CoN4O7. The summed E-state index contributed by atoms with van der Waals surface area (Å²) in [5.74, 6) is 0.518. The molecule has 4 N–H and O–H groups in total. The van der Waals surface area contributed by atoms with Crippen LogP contribution in [0.5, 0.6) is 28.7 Å². The van der Waals surface area contributed by atoms with E-state index in [0.717, 1.165) is 11.8 Å². The molecule has 4 aromatic carbocycles. The normalized spacial score (nSPS) is 10.5. The predicted molar refractivity (Wildman–Crippen MR) is 154 cm³/mol. The average molecular weight is 603 g/mol. The van der Waals surface area contributed by atoms with E-state index in [9.17, 15) is 30.5 Å². The van der Waals surface area contributed by atoms with E-state index < -0.39 is 4.92 Å². The molecule has 0 saturated carbocycles. The van der Waals surface area contributed by atoms with Gasteiger partial charge in [-0.1, -0.05) is 12.1 Å². The van der Waals surface area contributed by atoms with Crippen LogP contribution in [0.2, 0.25) is 0 Å². The number of nitro groups is 1. The number of non-ortho nitro benzene ring substituents is 1. The van der Waals surface area contributed by atoms with E-state index in [4.69, 9.17) is 4.74 Å². The molecule has 215 valence electrons. The fraction of sp³-hybridized carbons (Fsp3) is 0.103. The van der Waals surface area contributed by atoms with Gasteiger partial charge >= 0.3 is 0 Å². The van der Waals surface area contributed by atoms with Gasteiger partial charge in [-0.05, 0) is 42.5 Å². The molecule has 0 aliphatic heterocycles. The maximum Gasteiger partial charge on any atom is 0.271 e. The minimum atomic E-state index is -0.580. The number of hydrogen-bond donors (Lipinski definition) is 4. The van der Waals surface area contributed by atoms with Crippen LogP contribution in [0, 0.1) is 10.1 Å². The van der Waals surface area contributed by atoms with Gasteiger partial charge in [-0.2, -0.15) is 0 Å². The van der Waals surface area contributed by atoms with Gasteiger partial charge in [-0.25, -0.2) is 0 Å². The third kappa shape index (κ3) is 8.98. The van der Waals surface area contributed by atoms with Gasteiger partial charge < -0.3 is 30.1 Å². The van der Waals surface area contributed by atoms with Gasteiger partial charge in [-0.3, -0.25) is 20.1 Å². The Hall–Kier alpha value is -5.07. The number of benzene rings is 4. The predicted octanol–water partition coefficient (Wildman–Crippen LogP) is 5.68. The van der Waals surface area contributed by atoms with Crippen molar-refractivity contribution < 1.29 is 46.9 Å². The van der Waals surface area contributed by atoms with Crippen molar-refractivity contribution in [3.8, 4) is 28.7 Å². The number of rotatable bonds is 7. The van der Waals surface area contributed by atoms with Crippen LogP contribution in [-0.2, 0) is 16.8 Å². The van der Waals surface area contributed by atoms with E-state index in [-0.39, 0.29) is 51.2 Å². The van der Waals surface area contributed by atoms with E-state index >= 15 is 0 Å². The Kier molecular flexibility index (Phi) is 11.7. The van der Waals surface area contributed by atoms with Crippen molar-refractivity contribution >= 4 is 35.2 Å². The standard InChI is InChI=1S/C15H16N2O2.C14H12N2O5.Co/c1-17(2)12-8-7-11(15(19)9-12)10-16-13-5-3-4-6-14(13)18;1-21-11-4-2-9(14(18)7-11)8-15-12-6-10(16(19)20)3-5-13(12)17;/h3-10,18-19H,1-2H3;2-8,17-18H,1H3;. The van der Waals surface area contributed by atoms with Crippen molar-refractivity contribution in [3.63, 3.8) is 0 Å². The maximum atomic E-state index is 10.7. The largest absolute Gasteiger partial charge is 0.507 e. The fourth-order valence-corrected chi connectivity index (χ4v) is 3.26. The van der Waals surface area contributed by atoms with Gasteiger partial charge in [-0.15, -0.1) is 0 Å². The van der Waals surface area contributed by atoms with Crippen molar-refractivity contribution in [1.82, 2.24) is 0 Å². The van der Waals surface area contributed by atoms with Crippen LogP contribution in [-0.4, -0.2) is 59.0 Å². The van der Waals surface area contributed by atoms with Crippen molar-refractivity contribution in [2.24, 2.45) is 9.98 Å². The molecule has 0 saturated heterocycles. The monoisotopic (exact) mass is 603 g/mol. The Bertz CT molecular complexity index is 1560. The number of nitro benzene ring substituents is 1. The molecule has 0 aliphatic rings. The van der Waals surface area contributed by atoms with Gasteiger partial charge in [0.25, 0.3) is 5.69 Å². The number of nitrogens with zero attached hydrogens (tertiary/aromatic N) is 4. The second kappa shape index (κ2) is 14.9. The number of phenols is 4. The van der Waals surface area contributed by atoms with E-state index in [2.05, 4.69) is 9.98 Å². The molecule has 0 bridgehead atoms. The zero-order valence-electron chi connectivity index (χ0n) is 22.3. The van der Waals surface area contributed by atoms with E-state index in [1.54, 1.807) is 48.5 Å². The number of aliphatic imine (C=N–C) groups is 2. The van der Waals surface area contributed by atoms with E-state index in [1.165, 1.54) is 37.7 Å². The number of phenolic OH excluding ortho intramolecular Hbond substituents is 4. The number of hydrogen-bond acceptors (Lipinski definition) is 10. The summed E-state index contributed by atoms with van der Waals surface area (Å²) >= 11 is 0. The zero-order chi connectivity index (χ0) is 29.2. The molecule has 1 radical (unpaired) electrons. The van der Waals surface area contributed by atoms with Crippen molar-refractivity contribution in [3.05, 3.63) is 100 Å². The van der Waals surface area contributed by atoms with Crippen LogP contribution in [0.25, 0.3) is 0 Å². The number of aromatic hydroxyl groups is 4. The summed E-state index contributed by atoms with van der Waals surface area (Å²) in [5.41, 5.74) is 2.24. The maximum absolute atomic E-state index is 10.7. The fourth-order valence-electron chi connectivity index (χ4n) is 3.26. The molecule has 11 nitrogen and oxygen atoms in total. The summed E-state index contributed by atoms with van der Waals surface area (Å²) in [4.78, 5) is 20.1. The van der Waals surface area contributed by atoms with Crippen LogP contribution in [0.1, 0.15) is 11.1 Å². The Balaban J connectivity index is 0.000000281. The Labute approximate surface area is 246 Å². The molecule has 41 heavy (non-hydrogen) atoms. The Morgan fingerprint density at radius 3 is 1.90 bits per heavy atom. The first-order chi connectivity index (χ1) is 19.1. The van der Waals surface area contributed by atoms with Crippen LogP contribution in [0.15, 0.2) is 88.8 Å². The third-order valence-corrected chi connectivity index (χ3v) is 5.51. The Morgan fingerprint density at radius 2 is 1.34 bits per heavy atom. The molecule has 0 fully saturated rings. The number of ether oxygens (including phenoxy) is 1. The first-order valence-corrected chi connectivity index (χ1v) is 11.8. The van der Waals surface area contributed by atoms with Crippen LogP contribution in [0.3, 0.4) is 0 Å². The summed E-state index contributed by atoms with van der Waals surface area (Å²) in [6, 6.07) is 20.3. The van der Waals surface area contributed by atoms with Gasteiger partial charge in [0.2, 0.25) is 0 Å². The number of para-hydroxylation sites is 2. The summed E-state index contributed by atoms with van der Waals surface area (Å²) in [6.07, 6.45) is 2.83. The van der Waals surface area contributed by atoms with Crippen LogP contribution in [0.4, 0.5) is 22.7 Å². The topological polar surface area (TPSA) is 161 Å². The van der Waals surface area contributed by atoms with Crippen LogP contribution >= 0.6 is 0 Å². The summed E-state index contributed by atoms with van der Waals surface area (Å²) in [6.45, 7) is 0. The van der Waals surface area contributed by atoms with E-state index in [0.29, 0.717) is 22.6 Å². The molecular weight excluding hydrogens is 575 g/mol. The second-order valence-corrected chi connectivity index (χ2v) is 8.50. The van der Waals surface area contributed by atoms with E-state index in [1.807, 2.05) is 25.1 Å². The SMILES string of the molecule is CN(C)c1ccc(C=Nc2ccccc2O)c(O)c1.COc1ccc(C=Nc2cc([N+](=O)[O-])ccc2O)c(O)c1.[Co]. The van der Waals surface area contributed by atoms with Gasteiger partial charge in [0.1, 0.15) is 40.1 Å². The summed E-state index contributed by atoms with van der Waals surface area (Å²) in [5, 5.41) is 49.6. The van der Waals surface area contributed by atoms with Crippen molar-refractivity contribution in [2.75, 3.05) is 26.1 Å². The molecule has 0 heterocycles. The first-order valence-electron chi connectivity index (χ1n) is 11.8. The zero-order valence-corrected chi connectivity index (χ0v) is 23.3. The Morgan fingerprint density at radius 1 is 0.756 bits per heavy atom. The molecule has 0 atom stereocenters. The molecule has 4 aromatic rings. The molecule has 0 spiro atoms. The molecule has 0 unspecified atom stereocenters. The minimum Gasteiger partial charge on any atom is -0.507 e. The summed E-state index contributed by atoms with van der Waals surface area (Å²) < 4.78 is 4.95. The quantitative estimate of drug-likeness (QED) is 0.119. The molecule has 0 amide bonds. The number of anilines is 1. The molecule has 0 aromatic heterocycles. The molecule has 4 rings (SSSR count). The van der Waals surface area contributed by atoms with Crippen molar-refractivity contribution in [1.29, 1.82) is 0 Å². The average Bonchev–Trinajstić information content (AvgIpc) is 2.93. The smallest absolute Gasteiger partial charge is 0.271 e. The molecule has 12 heteroatoms. The van der Waals surface area contributed by atoms with Gasteiger partial charge in [0.15, 0.2) is 0 Å². The first kappa shape index (κ1) is 32.1. The van der Waals surface area contributed by atoms with Gasteiger partial charge in [0, 0.05) is 84.4 Å². The second-order valence-electron chi connectivity index (χ2n) is 8.50. The number of methoxy groups -OCH3 is 1. The van der Waals surface area contributed by atoms with Crippen molar-refractivity contribution in [2.45, 2.75) is 0 Å². The van der Waals surface area contributed by atoms with Crippen LogP contribution < -0.4 is 9.64 Å². The molecule has 0 aliphatic carbocycles. The summed E-state index contributed by atoms with van der Waals surface area (Å²) in [7, 11) is 5.29. The minimum absolute atomic E-state index is 0. The third-order valence-electron chi connectivity index (χ3n) is 5.51. The van der Waals surface area contributed by atoms with Gasteiger partial charge in [0.05, 0.1) is 12.0 Å².